The van der Waals surface area contributed by atoms with E-state index in [2.05, 4.69) is 169 Å². The number of hydrogen-bond acceptors (Lipinski definition) is 3. The van der Waals surface area contributed by atoms with Gasteiger partial charge < -0.3 is 9.32 Å². The molecule has 0 bridgehead atoms. The molecule has 0 amide bonds. The molecule has 230 valence electrons. The highest BCUT2D eigenvalue weighted by Gasteiger charge is 2.21. The molecule has 0 aliphatic rings. The topological polar surface area (TPSA) is 16.4 Å². The van der Waals surface area contributed by atoms with Gasteiger partial charge in [0.05, 0.1) is 10.4 Å². The zero-order valence-corrected chi connectivity index (χ0v) is 27.3. The van der Waals surface area contributed by atoms with E-state index >= 15 is 0 Å². The van der Waals surface area contributed by atoms with Crippen molar-refractivity contribution >= 4 is 81.3 Å². The van der Waals surface area contributed by atoms with Gasteiger partial charge in [0.15, 0.2) is 0 Å². The lowest BCUT2D eigenvalue weighted by atomic mass is 10.0. The molecule has 0 atom stereocenters. The molecule has 2 heterocycles. The number of para-hydroxylation sites is 1. The van der Waals surface area contributed by atoms with E-state index in [0.29, 0.717) is 0 Å². The maximum Gasteiger partial charge on any atom is 0.137 e. The lowest BCUT2D eigenvalue weighted by molar-refractivity contribution is 0.669. The van der Waals surface area contributed by atoms with Crippen molar-refractivity contribution in [3.05, 3.63) is 176 Å². The molecular weight excluding hydrogens is 615 g/mol. The van der Waals surface area contributed by atoms with Crippen LogP contribution in [-0.4, -0.2) is 0 Å². The molecule has 0 spiro atoms. The van der Waals surface area contributed by atoms with Crippen molar-refractivity contribution in [2.45, 2.75) is 0 Å². The Hall–Kier alpha value is -6.16. The maximum atomic E-state index is 6.42. The highest BCUT2D eigenvalue weighted by molar-refractivity contribution is 7.27. The van der Waals surface area contributed by atoms with Crippen molar-refractivity contribution in [2.75, 3.05) is 4.90 Å². The third-order valence-corrected chi connectivity index (χ3v) is 10.9. The van der Waals surface area contributed by atoms with Crippen LogP contribution in [0.2, 0.25) is 0 Å². The maximum absolute atomic E-state index is 6.42. The fourth-order valence-corrected chi connectivity index (χ4v) is 8.63. The number of benzene rings is 8. The second-order valence-corrected chi connectivity index (χ2v) is 13.6. The molecule has 0 N–H and O–H groups in total. The van der Waals surface area contributed by atoms with Gasteiger partial charge in [-0.1, -0.05) is 127 Å². The molecule has 10 rings (SSSR count). The van der Waals surface area contributed by atoms with E-state index in [0.717, 1.165) is 39.0 Å². The molecule has 0 aliphatic carbocycles. The van der Waals surface area contributed by atoms with Crippen LogP contribution in [0.1, 0.15) is 0 Å². The molecule has 3 heteroatoms. The first-order valence-corrected chi connectivity index (χ1v) is 17.4. The third-order valence-electron chi connectivity index (χ3n) is 9.64. The summed E-state index contributed by atoms with van der Waals surface area (Å²) in [5.41, 5.74) is 10.0. The van der Waals surface area contributed by atoms with E-state index in [-0.39, 0.29) is 0 Å². The van der Waals surface area contributed by atoms with Gasteiger partial charge in [0, 0.05) is 43.7 Å². The van der Waals surface area contributed by atoms with Crippen LogP contribution in [-0.2, 0) is 0 Å². The molecule has 2 aromatic heterocycles. The lowest BCUT2D eigenvalue weighted by Gasteiger charge is -2.26. The van der Waals surface area contributed by atoms with E-state index in [1.807, 2.05) is 23.5 Å². The minimum atomic E-state index is 0.881. The molecule has 0 unspecified atom stereocenters. The summed E-state index contributed by atoms with van der Waals surface area (Å²) in [6.07, 6.45) is 0. The number of thiophene rings is 1. The van der Waals surface area contributed by atoms with E-state index in [1.165, 1.54) is 53.2 Å². The molecule has 0 saturated heterocycles. The number of fused-ring (bicyclic) bond motifs is 7. The van der Waals surface area contributed by atoms with Gasteiger partial charge in [-0.2, -0.15) is 0 Å². The van der Waals surface area contributed by atoms with E-state index in [9.17, 15) is 0 Å². The first-order chi connectivity index (χ1) is 24.3. The number of furan rings is 1. The molecule has 2 nitrogen and oxygen atoms in total. The van der Waals surface area contributed by atoms with E-state index in [4.69, 9.17) is 4.42 Å². The Morgan fingerprint density at radius 2 is 1.02 bits per heavy atom. The number of nitrogens with zero attached hydrogens (tertiary/aromatic N) is 1. The Labute approximate surface area is 287 Å². The van der Waals surface area contributed by atoms with Crippen molar-refractivity contribution in [1.82, 2.24) is 0 Å². The first kappa shape index (κ1) is 27.9. The monoisotopic (exact) mass is 643 g/mol. The van der Waals surface area contributed by atoms with Crippen molar-refractivity contribution in [3.63, 3.8) is 0 Å². The summed E-state index contributed by atoms with van der Waals surface area (Å²) in [6, 6.07) is 63.2. The normalized spacial score (nSPS) is 11.7. The van der Waals surface area contributed by atoms with Gasteiger partial charge >= 0.3 is 0 Å². The summed E-state index contributed by atoms with van der Waals surface area (Å²) in [4.78, 5) is 2.40. The van der Waals surface area contributed by atoms with E-state index in [1.54, 1.807) is 0 Å². The summed E-state index contributed by atoms with van der Waals surface area (Å²) >= 11 is 1.87. The fourth-order valence-electron chi connectivity index (χ4n) is 7.29. The first-order valence-electron chi connectivity index (χ1n) is 16.6. The van der Waals surface area contributed by atoms with Gasteiger partial charge in [-0.3, -0.25) is 0 Å². The molecule has 0 saturated carbocycles. The van der Waals surface area contributed by atoms with Gasteiger partial charge in [-0.15, -0.1) is 11.3 Å². The number of anilines is 3. The van der Waals surface area contributed by atoms with Gasteiger partial charge in [0.1, 0.15) is 11.2 Å². The quantitative estimate of drug-likeness (QED) is 0.186. The van der Waals surface area contributed by atoms with Gasteiger partial charge in [0.2, 0.25) is 0 Å². The Morgan fingerprint density at radius 3 is 1.88 bits per heavy atom. The predicted molar refractivity (Wildman–Crippen MR) is 210 cm³/mol. The zero-order chi connectivity index (χ0) is 32.3. The van der Waals surface area contributed by atoms with Crippen molar-refractivity contribution in [3.8, 4) is 22.3 Å². The fraction of sp³-hybridized carbons (Fsp3) is 0. The SMILES string of the molecule is c1ccc(-c2ccc3cc(N(c4ccc5c(c4)oc4ccccc45)c4cccc5c4sc4c(-c6ccccc6)cccc45)ccc3c2)cc1. The summed E-state index contributed by atoms with van der Waals surface area (Å²) in [5, 5.41) is 7.21. The van der Waals surface area contributed by atoms with Crippen LogP contribution >= 0.6 is 11.3 Å². The second-order valence-electron chi connectivity index (χ2n) is 12.5. The standard InChI is InChI=1S/C46H29NOS/c1-3-11-30(12-4-1)32-21-22-34-28-35(24-23-33(34)27-32)47(36-25-26-39-38-15-7-8-20-43(38)48-44(39)29-36)42-19-10-18-41-40-17-9-16-37(45(40)49-46(41)42)31-13-5-2-6-14-31/h1-29H. The minimum absolute atomic E-state index is 0.881. The van der Waals surface area contributed by atoms with Crippen LogP contribution in [0.5, 0.6) is 0 Å². The van der Waals surface area contributed by atoms with Gasteiger partial charge in [-0.05, 0) is 75.5 Å². The molecule has 10 aromatic rings. The molecule has 49 heavy (non-hydrogen) atoms. The minimum Gasteiger partial charge on any atom is -0.456 e. The van der Waals surface area contributed by atoms with Crippen molar-refractivity contribution in [1.29, 1.82) is 0 Å². The average molecular weight is 644 g/mol. The van der Waals surface area contributed by atoms with Gasteiger partial charge in [-0.25, -0.2) is 0 Å². The van der Waals surface area contributed by atoms with Crippen LogP contribution in [0.25, 0.3) is 75.1 Å². The Kier molecular flexibility index (Phi) is 6.39. The van der Waals surface area contributed by atoms with Crippen molar-refractivity contribution < 1.29 is 4.42 Å². The molecule has 0 fully saturated rings. The molecular formula is C46H29NOS. The van der Waals surface area contributed by atoms with Crippen LogP contribution < -0.4 is 4.90 Å². The summed E-state index contributed by atoms with van der Waals surface area (Å²) in [7, 11) is 0. The number of rotatable bonds is 5. The Balaban J connectivity index is 1.20. The molecule has 0 aliphatic heterocycles. The van der Waals surface area contributed by atoms with Crippen LogP contribution in [0.4, 0.5) is 17.1 Å². The Morgan fingerprint density at radius 1 is 0.388 bits per heavy atom. The summed E-state index contributed by atoms with van der Waals surface area (Å²) in [6.45, 7) is 0. The smallest absolute Gasteiger partial charge is 0.137 e. The highest BCUT2D eigenvalue weighted by atomic mass is 32.1. The summed E-state index contributed by atoms with van der Waals surface area (Å²) < 4.78 is 8.97. The number of hydrogen-bond donors (Lipinski definition) is 0. The van der Waals surface area contributed by atoms with Crippen LogP contribution in [0, 0.1) is 0 Å². The average Bonchev–Trinajstić information content (AvgIpc) is 3.74. The lowest BCUT2D eigenvalue weighted by Crippen LogP contribution is -2.10. The molecule has 0 radical (unpaired) electrons. The predicted octanol–water partition coefficient (Wildman–Crippen LogP) is 13.9. The largest absolute Gasteiger partial charge is 0.456 e. The van der Waals surface area contributed by atoms with Gasteiger partial charge in [0.25, 0.3) is 0 Å². The highest BCUT2D eigenvalue weighted by Crippen LogP contribution is 2.48. The van der Waals surface area contributed by atoms with Crippen molar-refractivity contribution in [2.24, 2.45) is 0 Å². The van der Waals surface area contributed by atoms with E-state index < -0.39 is 0 Å². The second kappa shape index (κ2) is 11.2. The van der Waals surface area contributed by atoms with Crippen LogP contribution in [0.15, 0.2) is 180 Å². The molecule has 8 aromatic carbocycles. The zero-order valence-electron chi connectivity index (χ0n) is 26.5. The Bertz CT molecular complexity index is 2830. The van der Waals surface area contributed by atoms with Crippen LogP contribution in [0.3, 0.4) is 0 Å². The summed E-state index contributed by atoms with van der Waals surface area (Å²) in [5.74, 6) is 0. The third kappa shape index (κ3) is 4.62.